The average Bonchev–Trinajstić information content (AvgIpc) is 2.68. The molecular formula is C21H21ClN4S. The van der Waals surface area contributed by atoms with Gasteiger partial charge in [-0.2, -0.15) is 0 Å². The Labute approximate surface area is 169 Å². The summed E-state index contributed by atoms with van der Waals surface area (Å²) in [5.41, 5.74) is 0.900. The summed E-state index contributed by atoms with van der Waals surface area (Å²) >= 11 is 11.5. The minimum absolute atomic E-state index is 0.357. The van der Waals surface area contributed by atoms with E-state index in [-0.39, 0.29) is 0 Å². The molecule has 1 aromatic heterocycles. The fourth-order valence-corrected chi connectivity index (χ4v) is 3.98. The van der Waals surface area contributed by atoms with Crippen LogP contribution in [-0.4, -0.2) is 29.2 Å². The summed E-state index contributed by atoms with van der Waals surface area (Å²) in [6.45, 7) is 1.91. The fourth-order valence-electron chi connectivity index (χ4n) is 3.51. The smallest absolute Gasteiger partial charge is 0.170 e. The van der Waals surface area contributed by atoms with Gasteiger partial charge in [-0.3, -0.25) is 0 Å². The van der Waals surface area contributed by atoms with Crippen molar-refractivity contribution in [3.63, 3.8) is 0 Å². The van der Waals surface area contributed by atoms with E-state index < -0.39 is 0 Å². The van der Waals surface area contributed by atoms with Crippen molar-refractivity contribution in [1.29, 1.82) is 0 Å². The molecule has 0 atom stereocenters. The molecule has 4 nitrogen and oxygen atoms in total. The molecule has 2 heterocycles. The Morgan fingerprint density at radius 2 is 1.89 bits per heavy atom. The van der Waals surface area contributed by atoms with Gasteiger partial charge in [0.2, 0.25) is 0 Å². The van der Waals surface area contributed by atoms with Crippen molar-refractivity contribution in [2.24, 2.45) is 0 Å². The van der Waals surface area contributed by atoms with Crippen LogP contribution in [0.3, 0.4) is 0 Å². The lowest BCUT2D eigenvalue weighted by Gasteiger charge is -2.34. The third-order valence-electron chi connectivity index (χ3n) is 4.86. The maximum Gasteiger partial charge on any atom is 0.170 e. The average molecular weight is 397 g/mol. The second-order valence-corrected chi connectivity index (χ2v) is 7.57. The number of thiocarbonyl (C=S) groups is 1. The fraction of sp³-hybridized carbons (Fsp3) is 0.238. The van der Waals surface area contributed by atoms with Crippen LogP contribution in [-0.2, 0) is 0 Å². The van der Waals surface area contributed by atoms with E-state index in [0.717, 1.165) is 37.4 Å². The zero-order valence-corrected chi connectivity index (χ0v) is 16.4. The highest BCUT2D eigenvalue weighted by molar-refractivity contribution is 7.80. The van der Waals surface area contributed by atoms with Crippen molar-refractivity contribution in [3.05, 3.63) is 65.8 Å². The van der Waals surface area contributed by atoms with Crippen LogP contribution in [0.2, 0.25) is 5.02 Å². The normalized spacial score (nSPS) is 14.9. The molecule has 0 unspecified atom stereocenters. The topological polar surface area (TPSA) is 40.2 Å². The number of rotatable bonds is 3. The summed E-state index contributed by atoms with van der Waals surface area (Å²) in [6, 6.07) is 18.4. The van der Waals surface area contributed by atoms with Crippen LogP contribution < -0.4 is 15.5 Å². The molecule has 1 aliphatic heterocycles. The lowest BCUT2D eigenvalue weighted by atomic mass is 10.0. The van der Waals surface area contributed by atoms with Crippen molar-refractivity contribution >= 4 is 51.2 Å². The Hall–Kier alpha value is -2.37. The van der Waals surface area contributed by atoms with Gasteiger partial charge in [0.05, 0.1) is 0 Å². The summed E-state index contributed by atoms with van der Waals surface area (Å²) in [4.78, 5) is 7.00. The molecule has 1 aliphatic rings. The summed E-state index contributed by atoms with van der Waals surface area (Å²) in [6.07, 6.45) is 3.93. The number of hydrogen-bond donors (Lipinski definition) is 2. The first kappa shape index (κ1) is 18.0. The Bertz CT molecular complexity index is 948. The number of piperidine rings is 1. The Balaban J connectivity index is 1.35. The molecule has 0 spiro atoms. The monoisotopic (exact) mass is 396 g/mol. The van der Waals surface area contributed by atoms with Crippen LogP contribution in [0.15, 0.2) is 60.8 Å². The van der Waals surface area contributed by atoms with Gasteiger partial charge >= 0.3 is 0 Å². The molecule has 2 aromatic carbocycles. The van der Waals surface area contributed by atoms with Crippen molar-refractivity contribution in [1.82, 2.24) is 10.3 Å². The second kappa shape index (κ2) is 8.11. The Morgan fingerprint density at radius 1 is 1.07 bits per heavy atom. The second-order valence-electron chi connectivity index (χ2n) is 6.73. The van der Waals surface area contributed by atoms with Crippen LogP contribution in [0.5, 0.6) is 0 Å². The van der Waals surface area contributed by atoms with Crippen LogP contribution >= 0.6 is 23.8 Å². The summed E-state index contributed by atoms with van der Waals surface area (Å²) in [5, 5.41) is 10.4. The zero-order valence-electron chi connectivity index (χ0n) is 14.9. The van der Waals surface area contributed by atoms with Gasteiger partial charge in [0.25, 0.3) is 0 Å². The molecule has 1 saturated heterocycles. The van der Waals surface area contributed by atoms with E-state index in [1.165, 1.54) is 10.8 Å². The van der Waals surface area contributed by atoms with Crippen LogP contribution in [0, 0.1) is 0 Å². The number of anilines is 2. The molecule has 2 N–H and O–H groups in total. The molecule has 4 rings (SSSR count). The molecular weight excluding hydrogens is 376 g/mol. The number of nitrogens with one attached hydrogen (secondary N) is 2. The Morgan fingerprint density at radius 3 is 2.70 bits per heavy atom. The molecule has 138 valence electrons. The molecule has 0 saturated carbocycles. The third-order valence-corrected chi connectivity index (χ3v) is 5.32. The molecule has 3 aromatic rings. The van der Waals surface area contributed by atoms with E-state index in [9.17, 15) is 0 Å². The highest BCUT2D eigenvalue weighted by Crippen LogP contribution is 2.26. The SMILES string of the molecule is S=C(Nc1cccc(Cl)c1)NC1CCN(c2nccc3ccccc23)CC1. The summed E-state index contributed by atoms with van der Waals surface area (Å²) < 4.78 is 0. The van der Waals surface area contributed by atoms with Gasteiger partial charge in [0.1, 0.15) is 5.82 Å². The van der Waals surface area contributed by atoms with Crippen molar-refractivity contribution in [2.75, 3.05) is 23.3 Å². The summed E-state index contributed by atoms with van der Waals surface area (Å²) in [5.74, 6) is 1.08. The maximum absolute atomic E-state index is 6.02. The van der Waals surface area contributed by atoms with Gasteiger partial charge in [0, 0.05) is 41.4 Å². The minimum Gasteiger partial charge on any atom is -0.360 e. The first-order valence-electron chi connectivity index (χ1n) is 9.11. The number of halogens is 1. The number of fused-ring (bicyclic) bond motifs is 1. The van der Waals surface area contributed by atoms with Crippen molar-refractivity contribution < 1.29 is 0 Å². The number of benzene rings is 2. The van der Waals surface area contributed by atoms with Gasteiger partial charge in [0.15, 0.2) is 5.11 Å². The number of pyridine rings is 1. The predicted octanol–water partition coefficient (Wildman–Crippen LogP) is 4.84. The van der Waals surface area contributed by atoms with E-state index in [1.54, 1.807) is 0 Å². The van der Waals surface area contributed by atoms with Crippen LogP contribution in [0.1, 0.15) is 12.8 Å². The highest BCUT2D eigenvalue weighted by atomic mass is 35.5. The van der Waals surface area contributed by atoms with Crippen molar-refractivity contribution in [3.8, 4) is 0 Å². The van der Waals surface area contributed by atoms with E-state index in [0.29, 0.717) is 16.2 Å². The molecule has 1 fully saturated rings. The van der Waals surface area contributed by atoms with Crippen LogP contribution in [0.4, 0.5) is 11.5 Å². The first-order chi connectivity index (χ1) is 13.2. The molecule has 6 heteroatoms. The Kier molecular flexibility index (Phi) is 5.41. The van der Waals surface area contributed by atoms with E-state index in [1.807, 2.05) is 30.5 Å². The number of hydrogen-bond acceptors (Lipinski definition) is 3. The van der Waals surface area contributed by atoms with Gasteiger partial charge in [-0.1, -0.05) is 41.9 Å². The zero-order chi connectivity index (χ0) is 18.6. The van der Waals surface area contributed by atoms with E-state index in [4.69, 9.17) is 23.8 Å². The molecule has 0 amide bonds. The van der Waals surface area contributed by atoms with Crippen LogP contribution in [0.25, 0.3) is 10.8 Å². The highest BCUT2D eigenvalue weighted by Gasteiger charge is 2.21. The van der Waals surface area contributed by atoms with Gasteiger partial charge in [-0.15, -0.1) is 0 Å². The number of nitrogens with zero attached hydrogens (tertiary/aromatic N) is 2. The quantitative estimate of drug-likeness (QED) is 0.619. The van der Waals surface area contributed by atoms with Crippen molar-refractivity contribution in [2.45, 2.75) is 18.9 Å². The molecule has 0 bridgehead atoms. The third kappa shape index (κ3) is 4.31. The lowest BCUT2D eigenvalue weighted by Crippen LogP contribution is -2.46. The maximum atomic E-state index is 6.02. The molecule has 0 radical (unpaired) electrons. The lowest BCUT2D eigenvalue weighted by molar-refractivity contribution is 0.467. The predicted molar refractivity (Wildman–Crippen MR) is 118 cm³/mol. The van der Waals surface area contributed by atoms with Gasteiger partial charge in [-0.25, -0.2) is 4.98 Å². The standard InChI is InChI=1S/C21H21ClN4S/c22-16-5-3-6-18(14-16)25-21(27)24-17-9-12-26(13-10-17)20-19-7-2-1-4-15(19)8-11-23-20/h1-8,11,14,17H,9-10,12-13H2,(H2,24,25,27). The van der Waals surface area contributed by atoms with Gasteiger partial charge in [-0.05, 0) is 54.7 Å². The molecule has 27 heavy (non-hydrogen) atoms. The molecule has 0 aliphatic carbocycles. The first-order valence-corrected chi connectivity index (χ1v) is 9.89. The van der Waals surface area contributed by atoms with E-state index >= 15 is 0 Å². The summed E-state index contributed by atoms with van der Waals surface area (Å²) in [7, 11) is 0. The minimum atomic E-state index is 0.357. The van der Waals surface area contributed by atoms with Gasteiger partial charge < -0.3 is 15.5 Å². The largest absolute Gasteiger partial charge is 0.360 e. The van der Waals surface area contributed by atoms with E-state index in [2.05, 4.69) is 50.8 Å². The number of aromatic nitrogens is 1.